The fraction of sp³-hybridized carbons (Fsp3) is 0.188. The van der Waals surface area contributed by atoms with Crippen molar-refractivity contribution in [2.45, 2.75) is 18.7 Å². The molecule has 0 amide bonds. The van der Waals surface area contributed by atoms with Gasteiger partial charge in [0.25, 0.3) is 10.0 Å². The molecule has 0 spiro atoms. The van der Waals surface area contributed by atoms with Crippen LogP contribution in [0, 0.1) is 13.8 Å². The van der Waals surface area contributed by atoms with Gasteiger partial charge in [0.05, 0.1) is 10.6 Å². The molecule has 1 N–H and O–H groups in total. The number of hydrogen-bond acceptors (Lipinski definition) is 3. The SMILES string of the molecule is Cc1ccc(C)c(N(CC(=O)O)S(=O)(=O)c2ccc(Cl)cc2)c1. The normalized spacial score (nSPS) is 11.3. The quantitative estimate of drug-likeness (QED) is 0.895. The van der Waals surface area contributed by atoms with E-state index in [1.165, 1.54) is 24.3 Å². The molecule has 2 aromatic carbocycles. The number of carboxylic acid groups (broad SMARTS) is 1. The van der Waals surface area contributed by atoms with Crippen LogP contribution < -0.4 is 4.31 Å². The van der Waals surface area contributed by atoms with Gasteiger partial charge in [0.1, 0.15) is 6.54 Å². The molecule has 0 aromatic heterocycles. The molecule has 0 heterocycles. The highest BCUT2D eigenvalue weighted by Crippen LogP contribution is 2.28. The molecule has 0 saturated carbocycles. The van der Waals surface area contributed by atoms with Gasteiger partial charge in [-0.3, -0.25) is 9.10 Å². The lowest BCUT2D eigenvalue weighted by Crippen LogP contribution is -2.36. The Morgan fingerprint density at radius 2 is 1.74 bits per heavy atom. The van der Waals surface area contributed by atoms with Crippen molar-refractivity contribution in [2.75, 3.05) is 10.8 Å². The van der Waals surface area contributed by atoms with E-state index in [0.29, 0.717) is 16.3 Å². The summed E-state index contributed by atoms with van der Waals surface area (Å²) < 4.78 is 26.6. The van der Waals surface area contributed by atoms with Crippen molar-refractivity contribution in [3.63, 3.8) is 0 Å². The highest BCUT2D eigenvalue weighted by molar-refractivity contribution is 7.92. The average molecular weight is 354 g/mol. The Labute approximate surface area is 140 Å². The lowest BCUT2D eigenvalue weighted by molar-refractivity contribution is -0.135. The summed E-state index contributed by atoms with van der Waals surface area (Å²) in [6.07, 6.45) is 0. The summed E-state index contributed by atoms with van der Waals surface area (Å²) >= 11 is 5.79. The number of rotatable bonds is 5. The maximum atomic E-state index is 12.9. The predicted molar refractivity (Wildman–Crippen MR) is 89.5 cm³/mol. The molecular weight excluding hydrogens is 338 g/mol. The smallest absolute Gasteiger partial charge is 0.324 e. The summed E-state index contributed by atoms with van der Waals surface area (Å²) in [7, 11) is -4.01. The van der Waals surface area contributed by atoms with Gasteiger partial charge in [-0.25, -0.2) is 8.42 Å². The van der Waals surface area contributed by atoms with E-state index in [1.54, 1.807) is 19.1 Å². The van der Waals surface area contributed by atoms with Crippen molar-refractivity contribution in [1.82, 2.24) is 0 Å². The Balaban J connectivity index is 2.60. The lowest BCUT2D eigenvalue weighted by atomic mass is 10.1. The summed E-state index contributed by atoms with van der Waals surface area (Å²) in [6.45, 7) is 2.90. The molecule has 2 aromatic rings. The molecule has 0 unspecified atom stereocenters. The summed E-state index contributed by atoms with van der Waals surface area (Å²) in [4.78, 5) is 11.2. The topological polar surface area (TPSA) is 74.7 Å². The van der Waals surface area contributed by atoms with Crippen LogP contribution in [-0.4, -0.2) is 26.0 Å². The van der Waals surface area contributed by atoms with Gasteiger partial charge >= 0.3 is 5.97 Å². The highest BCUT2D eigenvalue weighted by Gasteiger charge is 2.28. The minimum atomic E-state index is -4.01. The molecule has 0 aliphatic carbocycles. The number of nitrogens with zero attached hydrogens (tertiary/aromatic N) is 1. The Bertz CT molecular complexity index is 832. The monoisotopic (exact) mass is 353 g/mol. The molecule has 0 aliphatic rings. The van der Waals surface area contributed by atoms with Gasteiger partial charge in [-0.15, -0.1) is 0 Å². The number of anilines is 1. The number of aryl methyl sites for hydroxylation is 2. The van der Waals surface area contributed by atoms with E-state index in [1.807, 2.05) is 13.0 Å². The number of sulfonamides is 1. The molecule has 0 atom stereocenters. The third-order valence-corrected chi connectivity index (χ3v) is 5.34. The zero-order valence-corrected chi connectivity index (χ0v) is 14.2. The van der Waals surface area contributed by atoms with Gasteiger partial charge in [0.2, 0.25) is 0 Å². The van der Waals surface area contributed by atoms with Crippen molar-refractivity contribution in [3.8, 4) is 0 Å². The van der Waals surface area contributed by atoms with E-state index in [-0.39, 0.29) is 4.90 Å². The first kappa shape index (κ1) is 17.3. The fourth-order valence-corrected chi connectivity index (χ4v) is 3.74. The van der Waals surface area contributed by atoms with Gasteiger partial charge in [0, 0.05) is 5.02 Å². The van der Waals surface area contributed by atoms with Crippen LogP contribution in [0.2, 0.25) is 5.02 Å². The molecule has 0 bridgehead atoms. The van der Waals surface area contributed by atoms with Crippen LogP contribution in [-0.2, 0) is 14.8 Å². The minimum absolute atomic E-state index is 0.0101. The summed E-state index contributed by atoms with van der Waals surface area (Å²) in [5.74, 6) is -1.23. The first-order valence-electron chi connectivity index (χ1n) is 6.79. The highest BCUT2D eigenvalue weighted by atomic mass is 35.5. The first-order valence-corrected chi connectivity index (χ1v) is 8.61. The second-order valence-corrected chi connectivity index (χ2v) is 7.45. The van der Waals surface area contributed by atoms with E-state index < -0.39 is 22.5 Å². The van der Waals surface area contributed by atoms with Gasteiger partial charge in [-0.2, -0.15) is 0 Å². The molecule has 23 heavy (non-hydrogen) atoms. The van der Waals surface area contributed by atoms with Crippen LogP contribution >= 0.6 is 11.6 Å². The van der Waals surface area contributed by atoms with Gasteiger partial charge in [0.15, 0.2) is 0 Å². The van der Waals surface area contributed by atoms with E-state index in [4.69, 9.17) is 16.7 Å². The molecule has 0 radical (unpaired) electrons. The van der Waals surface area contributed by atoms with Gasteiger partial charge in [-0.05, 0) is 55.3 Å². The molecule has 0 saturated heterocycles. The second-order valence-electron chi connectivity index (χ2n) is 5.15. The summed E-state index contributed by atoms with van der Waals surface area (Å²) in [5.41, 5.74) is 1.86. The molecule has 0 aliphatic heterocycles. The van der Waals surface area contributed by atoms with Crippen LogP contribution in [0.1, 0.15) is 11.1 Å². The Hall–Kier alpha value is -2.05. The molecular formula is C16H16ClNO4S. The summed E-state index contributed by atoms with van der Waals surface area (Å²) in [5, 5.41) is 9.54. The van der Waals surface area contributed by atoms with Crippen LogP contribution in [0.3, 0.4) is 0 Å². The Kier molecular flexibility index (Phi) is 4.97. The van der Waals surface area contributed by atoms with E-state index in [9.17, 15) is 13.2 Å². The molecule has 122 valence electrons. The zero-order valence-electron chi connectivity index (χ0n) is 12.7. The third kappa shape index (κ3) is 3.83. The first-order chi connectivity index (χ1) is 10.7. The standard InChI is InChI=1S/C16H16ClNO4S/c1-11-3-4-12(2)15(9-11)18(10-16(19)20)23(21,22)14-7-5-13(17)6-8-14/h3-9H,10H2,1-2H3,(H,19,20). The van der Waals surface area contributed by atoms with Crippen molar-refractivity contribution in [2.24, 2.45) is 0 Å². The van der Waals surface area contributed by atoms with Crippen LogP contribution in [0.25, 0.3) is 0 Å². The lowest BCUT2D eigenvalue weighted by Gasteiger charge is -2.24. The maximum absolute atomic E-state index is 12.9. The third-order valence-electron chi connectivity index (χ3n) is 3.31. The average Bonchev–Trinajstić information content (AvgIpc) is 2.47. The van der Waals surface area contributed by atoms with Crippen LogP contribution in [0.15, 0.2) is 47.4 Å². The summed E-state index contributed by atoms with van der Waals surface area (Å²) in [6, 6.07) is 10.9. The zero-order chi connectivity index (χ0) is 17.2. The van der Waals surface area contributed by atoms with Crippen molar-refractivity contribution in [3.05, 3.63) is 58.6 Å². The number of hydrogen-bond donors (Lipinski definition) is 1. The Morgan fingerprint density at radius 1 is 1.13 bits per heavy atom. The second kappa shape index (κ2) is 6.60. The van der Waals surface area contributed by atoms with Crippen molar-refractivity contribution in [1.29, 1.82) is 0 Å². The number of aliphatic carboxylic acids is 1. The number of carboxylic acids is 1. The number of carbonyl (C=O) groups is 1. The van der Waals surface area contributed by atoms with Gasteiger partial charge in [-0.1, -0.05) is 23.7 Å². The number of benzene rings is 2. The Morgan fingerprint density at radius 3 is 2.30 bits per heavy atom. The van der Waals surface area contributed by atoms with Gasteiger partial charge < -0.3 is 5.11 Å². The number of halogens is 1. The molecule has 2 rings (SSSR count). The van der Waals surface area contributed by atoms with E-state index in [0.717, 1.165) is 9.87 Å². The van der Waals surface area contributed by atoms with E-state index in [2.05, 4.69) is 0 Å². The molecule has 5 nitrogen and oxygen atoms in total. The van der Waals surface area contributed by atoms with Crippen LogP contribution in [0.4, 0.5) is 5.69 Å². The molecule has 7 heteroatoms. The maximum Gasteiger partial charge on any atom is 0.324 e. The van der Waals surface area contributed by atoms with Crippen molar-refractivity contribution < 1.29 is 18.3 Å². The van der Waals surface area contributed by atoms with Crippen molar-refractivity contribution >= 4 is 33.3 Å². The van der Waals surface area contributed by atoms with E-state index >= 15 is 0 Å². The fourth-order valence-electron chi connectivity index (χ4n) is 2.14. The minimum Gasteiger partial charge on any atom is -0.480 e. The largest absolute Gasteiger partial charge is 0.480 e. The predicted octanol–water partition coefficient (Wildman–Crippen LogP) is 3.24. The molecule has 0 fully saturated rings. The van der Waals surface area contributed by atoms with Crippen LogP contribution in [0.5, 0.6) is 0 Å².